The van der Waals surface area contributed by atoms with Crippen LogP contribution in [-0.4, -0.2) is 40.2 Å². The monoisotopic (exact) mass is 680 g/mol. The minimum absolute atomic E-state index is 0.0140. The summed E-state index contributed by atoms with van der Waals surface area (Å²) in [6, 6.07) is 8.31. The van der Waals surface area contributed by atoms with Crippen LogP contribution in [0.15, 0.2) is 75.2 Å². The molecule has 0 spiro atoms. The Morgan fingerprint density at radius 3 is 2.55 bits per heavy atom. The maximum Gasteiger partial charge on any atom is 0.201 e. The molecule has 3 heterocycles. The molecule has 0 aliphatic heterocycles. The van der Waals surface area contributed by atoms with Gasteiger partial charge in [0.1, 0.15) is 28.3 Å². The molecule has 3 N–H and O–H groups in total. The summed E-state index contributed by atoms with van der Waals surface area (Å²) < 4.78 is 79.0. The van der Waals surface area contributed by atoms with E-state index in [1.54, 1.807) is 26.1 Å². The Balaban J connectivity index is 1.50. The second-order valence-electron chi connectivity index (χ2n) is 10.9. The molecule has 9 nitrogen and oxygen atoms in total. The third-order valence-electron chi connectivity index (χ3n) is 7.80. The van der Waals surface area contributed by atoms with Gasteiger partial charge in [0.25, 0.3) is 0 Å². The number of carbonyl (C=O) groups is 1. The molecule has 0 bridgehead atoms. The number of benzene rings is 2. The Labute approximate surface area is 274 Å². The number of aryl methyl sites for hydroxylation is 1. The zero-order valence-electron chi connectivity index (χ0n) is 26.1. The van der Waals surface area contributed by atoms with E-state index in [4.69, 9.17) is 5.41 Å². The number of anilines is 1. The van der Waals surface area contributed by atoms with Gasteiger partial charge in [-0.15, -0.1) is 0 Å². The number of aromatic nitrogens is 3. The number of pyridine rings is 1. The van der Waals surface area contributed by atoms with Crippen molar-refractivity contribution in [1.82, 2.24) is 14.5 Å². The Morgan fingerprint density at radius 2 is 1.89 bits per heavy atom. The van der Waals surface area contributed by atoms with Gasteiger partial charge in [-0.25, -0.2) is 26.6 Å². The van der Waals surface area contributed by atoms with Crippen molar-refractivity contribution >= 4 is 55.9 Å². The fourth-order valence-corrected chi connectivity index (χ4v) is 7.56. The quantitative estimate of drug-likeness (QED) is 0.104. The first-order valence-corrected chi connectivity index (χ1v) is 16.7. The molecule has 47 heavy (non-hydrogen) atoms. The predicted octanol–water partition coefficient (Wildman–Crippen LogP) is 6.86. The molecule has 5 aromatic rings. The molecule has 0 fully saturated rings. The molecule has 5 rings (SSSR count). The van der Waals surface area contributed by atoms with Crippen molar-refractivity contribution < 1.29 is 26.4 Å². The number of nitrogens with zero attached hydrogens (tertiary/aromatic N) is 3. The first kappa shape index (κ1) is 33.7. The van der Waals surface area contributed by atoms with E-state index < -0.39 is 62.4 Å². The Kier molecular flexibility index (Phi) is 9.73. The number of hydrogen-bond acceptors (Lipinski definition) is 5. The fourth-order valence-electron chi connectivity index (χ4n) is 5.57. The molecule has 0 amide bonds. The SMILES string of the molecule is CCc1c(C)c(S(=O)N=C(C)C(C(C)=N)c2cnc3[nH]cc(C(=O)c4c(F)ccc(NS(=O)c5cccc(F)c5)c4F)c3c2)cn1C. The highest BCUT2D eigenvalue weighted by Gasteiger charge is 2.27. The third-order valence-corrected chi connectivity index (χ3v) is 10.1. The second-order valence-corrected chi connectivity index (χ2v) is 13.3. The summed E-state index contributed by atoms with van der Waals surface area (Å²) in [5.41, 5.74) is 1.77. The van der Waals surface area contributed by atoms with Crippen LogP contribution in [0, 0.1) is 29.8 Å². The Hall–Kier alpha value is -4.69. The third kappa shape index (κ3) is 6.60. The average Bonchev–Trinajstić information content (AvgIpc) is 3.57. The van der Waals surface area contributed by atoms with Crippen LogP contribution in [0.1, 0.15) is 59.4 Å². The lowest BCUT2D eigenvalue weighted by Crippen LogP contribution is -2.18. The van der Waals surface area contributed by atoms with E-state index in [1.807, 2.05) is 25.5 Å². The number of hydrogen-bond donors (Lipinski definition) is 3. The summed E-state index contributed by atoms with van der Waals surface area (Å²) in [5, 5.41) is 8.73. The topological polar surface area (TPSA) is 133 Å². The van der Waals surface area contributed by atoms with Gasteiger partial charge < -0.3 is 15.0 Å². The lowest BCUT2D eigenvalue weighted by molar-refractivity contribution is 0.103. The minimum Gasteiger partial charge on any atom is -0.353 e. The van der Waals surface area contributed by atoms with Crippen LogP contribution in [0.4, 0.5) is 18.9 Å². The van der Waals surface area contributed by atoms with Crippen LogP contribution >= 0.6 is 0 Å². The highest BCUT2D eigenvalue weighted by atomic mass is 32.2. The summed E-state index contributed by atoms with van der Waals surface area (Å²) in [6.07, 6.45) is 5.31. The van der Waals surface area contributed by atoms with Gasteiger partial charge in [0, 0.05) is 53.7 Å². The number of carbonyl (C=O) groups excluding carboxylic acids is 1. The van der Waals surface area contributed by atoms with Crippen molar-refractivity contribution in [3.63, 3.8) is 0 Å². The fraction of sp³-hybridized carbons (Fsp3) is 0.212. The molecule has 0 saturated heterocycles. The Bertz CT molecular complexity index is 2140. The molecule has 0 aliphatic carbocycles. The number of halogens is 3. The molecule has 0 aliphatic rings. The first-order valence-electron chi connectivity index (χ1n) is 14.4. The first-order chi connectivity index (χ1) is 22.3. The minimum atomic E-state index is -2.11. The zero-order chi connectivity index (χ0) is 34.2. The predicted molar refractivity (Wildman–Crippen MR) is 178 cm³/mol. The van der Waals surface area contributed by atoms with Gasteiger partial charge in [-0.3, -0.25) is 9.52 Å². The van der Waals surface area contributed by atoms with E-state index in [0.29, 0.717) is 16.2 Å². The lowest BCUT2D eigenvalue weighted by Gasteiger charge is -2.16. The second kappa shape index (κ2) is 13.6. The van der Waals surface area contributed by atoms with E-state index in [-0.39, 0.29) is 27.2 Å². The van der Waals surface area contributed by atoms with Crippen LogP contribution in [-0.2, 0) is 35.4 Å². The van der Waals surface area contributed by atoms with E-state index >= 15 is 8.78 Å². The maximum absolute atomic E-state index is 15.7. The van der Waals surface area contributed by atoms with E-state index in [1.165, 1.54) is 24.5 Å². The summed E-state index contributed by atoms with van der Waals surface area (Å²) in [7, 11) is -1.98. The maximum atomic E-state index is 15.7. The number of H-pyrrole nitrogens is 1. The molecule has 3 unspecified atom stereocenters. The molecule has 3 aromatic heterocycles. The standard InChI is InChI=1S/C33H31F3N6O3S2/c1-6-27-17(2)28(16-42(27)5)47(45)40-19(4)29(18(3)37)20-12-23-24(15-39-33(23)38-14-20)32(43)30-25(35)10-11-26(31(30)36)41-46(44)22-9-7-8-21(34)13-22/h7-16,29,37,41H,6H2,1-5H3,(H,38,39). The molecule has 0 radical (unpaired) electrons. The van der Waals surface area contributed by atoms with Crippen molar-refractivity contribution in [2.45, 2.75) is 49.8 Å². The number of aromatic amines is 1. The molecule has 244 valence electrons. The van der Waals surface area contributed by atoms with Crippen LogP contribution < -0.4 is 4.72 Å². The Morgan fingerprint density at radius 1 is 1.15 bits per heavy atom. The van der Waals surface area contributed by atoms with Crippen molar-refractivity contribution in [3.05, 3.63) is 106 Å². The summed E-state index contributed by atoms with van der Waals surface area (Å²) in [4.78, 5) is 21.5. The van der Waals surface area contributed by atoms with Crippen LogP contribution in [0.5, 0.6) is 0 Å². The van der Waals surface area contributed by atoms with Gasteiger partial charge in [0.15, 0.2) is 16.8 Å². The van der Waals surface area contributed by atoms with Gasteiger partial charge in [-0.2, -0.15) is 4.40 Å². The summed E-state index contributed by atoms with van der Waals surface area (Å²) >= 11 is 0. The zero-order valence-corrected chi connectivity index (χ0v) is 27.7. The number of nitrogens with one attached hydrogen (secondary N) is 3. The van der Waals surface area contributed by atoms with Gasteiger partial charge in [-0.05, 0) is 74.7 Å². The largest absolute Gasteiger partial charge is 0.353 e. The summed E-state index contributed by atoms with van der Waals surface area (Å²) in [5.74, 6) is -4.82. The van der Waals surface area contributed by atoms with E-state index in [0.717, 1.165) is 41.9 Å². The number of rotatable bonds is 11. The van der Waals surface area contributed by atoms with Crippen molar-refractivity contribution in [2.75, 3.05) is 4.72 Å². The lowest BCUT2D eigenvalue weighted by atomic mass is 9.91. The van der Waals surface area contributed by atoms with Crippen molar-refractivity contribution in [3.8, 4) is 0 Å². The highest BCUT2D eigenvalue weighted by Crippen LogP contribution is 2.30. The molecular weight excluding hydrogens is 650 g/mol. The number of fused-ring (bicyclic) bond motifs is 1. The average molecular weight is 681 g/mol. The normalized spacial score (nSPS) is 13.8. The van der Waals surface area contributed by atoms with E-state index in [2.05, 4.69) is 19.1 Å². The van der Waals surface area contributed by atoms with Crippen LogP contribution in [0.2, 0.25) is 0 Å². The van der Waals surface area contributed by atoms with E-state index in [9.17, 15) is 17.6 Å². The summed E-state index contributed by atoms with van der Waals surface area (Å²) in [6.45, 7) is 7.12. The van der Waals surface area contributed by atoms with Gasteiger partial charge in [0.05, 0.1) is 27.0 Å². The molecular formula is C33H31F3N6O3S2. The smallest absolute Gasteiger partial charge is 0.201 e. The van der Waals surface area contributed by atoms with Crippen molar-refractivity contribution in [1.29, 1.82) is 5.41 Å². The molecule has 3 atom stereocenters. The molecule has 2 aromatic carbocycles. The van der Waals surface area contributed by atoms with Gasteiger partial charge >= 0.3 is 0 Å². The van der Waals surface area contributed by atoms with Gasteiger partial charge in [-0.1, -0.05) is 13.0 Å². The van der Waals surface area contributed by atoms with Gasteiger partial charge in [0.2, 0.25) is 5.78 Å². The molecule has 14 heteroatoms. The van der Waals surface area contributed by atoms with Crippen LogP contribution in [0.3, 0.4) is 0 Å². The highest BCUT2D eigenvalue weighted by molar-refractivity contribution is 7.86. The molecule has 0 saturated carbocycles. The number of ketones is 1. The van der Waals surface area contributed by atoms with Crippen LogP contribution in [0.25, 0.3) is 11.0 Å². The van der Waals surface area contributed by atoms with Crippen molar-refractivity contribution in [2.24, 2.45) is 11.4 Å².